The van der Waals surface area contributed by atoms with Crippen molar-refractivity contribution in [2.24, 2.45) is 0 Å². The second kappa shape index (κ2) is 15.8. The average molecular weight is 757 g/mol. The zero-order chi connectivity index (χ0) is 38.4. The second-order valence-corrected chi connectivity index (χ2v) is 11.8. The van der Waals surface area contributed by atoms with E-state index in [2.05, 4.69) is 40.3 Å². The Morgan fingerprint density at radius 1 is 0.717 bits per heavy atom. The molecule has 4 aromatic rings. The molecule has 0 amide bonds. The molecule has 1 atom stereocenters. The van der Waals surface area contributed by atoms with Crippen LogP contribution in [-0.2, 0) is 5.60 Å². The van der Waals surface area contributed by atoms with Crippen LogP contribution in [0, 0.1) is 0 Å². The quantitative estimate of drug-likeness (QED) is 0.117. The third-order valence-electron chi connectivity index (χ3n) is 8.22. The van der Waals surface area contributed by atoms with Crippen molar-refractivity contribution in [2.45, 2.75) is 75.5 Å². The number of rotatable bonds is 10. The number of nitrogens with one attached hydrogen (secondary N) is 2. The van der Waals surface area contributed by atoms with Crippen molar-refractivity contribution in [2.75, 3.05) is 0 Å². The highest BCUT2D eigenvalue weighted by atomic mass is 19.4. The minimum Gasteiger partial charge on any atom is -0.476 e. The molecule has 2 aromatic heterocycles. The first kappa shape index (κ1) is 38.4. The van der Waals surface area contributed by atoms with E-state index < -0.39 is 30.3 Å². The van der Waals surface area contributed by atoms with Crippen molar-refractivity contribution >= 4 is 17.5 Å². The lowest BCUT2D eigenvalue weighted by molar-refractivity contribution is -0.275. The fourth-order valence-corrected chi connectivity index (χ4v) is 5.69. The molecule has 2 aliphatic rings. The maximum Gasteiger partial charge on any atom is 0.573 e. The molecule has 53 heavy (non-hydrogen) atoms. The van der Waals surface area contributed by atoms with Crippen molar-refractivity contribution in [3.63, 3.8) is 0 Å². The number of H-pyrrole nitrogens is 2. The van der Waals surface area contributed by atoms with Gasteiger partial charge in [-0.3, -0.25) is 0 Å². The van der Waals surface area contributed by atoms with E-state index in [1.807, 2.05) is 6.08 Å². The number of carbonyl (C=O) groups is 2. The average Bonchev–Trinajstić information content (AvgIpc) is 3.76. The van der Waals surface area contributed by atoms with E-state index in [0.29, 0.717) is 37.7 Å². The smallest absolute Gasteiger partial charge is 0.476 e. The SMILES string of the molecule is O=C(O)c1[nH]nnc1OC1CC=C(c2ccc(OC(F)(F)F)cc2)CC1.O=C(O)c1[nH]nnc1OC1CCC(O)(c2ccc(OC(F)(F)F)cc2)CC1. The first-order chi connectivity index (χ1) is 25.0. The van der Waals surface area contributed by atoms with Crippen molar-refractivity contribution in [3.8, 4) is 23.3 Å². The van der Waals surface area contributed by atoms with Crippen LogP contribution < -0.4 is 18.9 Å². The molecule has 284 valence electrons. The number of hydrogen-bond acceptors (Lipinski definition) is 11. The normalized spacial score (nSPS) is 20.3. The summed E-state index contributed by atoms with van der Waals surface area (Å²) in [6.45, 7) is 0. The predicted octanol–water partition coefficient (Wildman–Crippen LogP) is 6.03. The number of nitrogens with zero attached hydrogens (tertiary/aromatic N) is 4. The number of hydrogen-bond donors (Lipinski definition) is 5. The van der Waals surface area contributed by atoms with Gasteiger partial charge in [0, 0.05) is 6.42 Å². The number of aromatic carboxylic acids is 2. The van der Waals surface area contributed by atoms with Gasteiger partial charge in [-0.2, -0.15) is 0 Å². The number of halogens is 6. The number of aliphatic hydroxyl groups is 1. The zero-order valence-corrected chi connectivity index (χ0v) is 27.1. The molecule has 15 nitrogen and oxygen atoms in total. The zero-order valence-electron chi connectivity index (χ0n) is 27.1. The summed E-state index contributed by atoms with van der Waals surface area (Å²) in [4.78, 5) is 22.0. The first-order valence-corrected chi connectivity index (χ1v) is 15.7. The molecule has 21 heteroatoms. The number of carboxylic acids is 2. The van der Waals surface area contributed by atoms with Crippen molar-refractivity contribution in [1.82, 2.24) is 30.8 Å². The summed E-state index contributed by atoms with van der Waals surface area (Å²) in [5.41, 5.74) is 0.572. The topological polar surface area (TPSA) is 215 Å². The molecular formula is C32H30F6N6O9. The Morgan fingerprint density at radius 3 is 1.62 bits per heavy atom. The van der Waals surface area contributed by atoms with Gasteiger partial charge in [0.1, 0.15) is 23.7 Å². The van der Waals surface area contributed by atoms with Crippen LogP contribution in [-0.4, -0.2) is 83.0 Å². The predicted molar refractivity (Wildman–Crippen MR) is 166 cm³/mol. The molecule has 6 rings (SSSR count). The number of ether oxygens (including phenoxy) is 4. The summed E-state index contributed by atoms with van der Waals surface area (Å²) < 4.78 is 92.0. The molecule has 1 saturated carbocycles. The Balaban J connectivity index is 0.000000204. The summed E-state index contributed by atoms with van der Waals surface area (Å²) in [6.07, 6.45) is -5.05. The van der Waals surface area contributed by atoms with E-state index in [4.69, 9.17) is 19.7 Å². The Kier molecular flexibility index (Phi) is 11.4. The van der Waals surface area contributed by atoms with Crippen LogP contribution in [0.15, 0.2) is 54.6 Å². The highest BCUT2D eigenvalue weighted by Gasteiger charge is 2.37. The lowest BCUT2D eigenvalue weighted by atomic mass is 9.78. The third-order valence-corrected chi connectivity index (χ3v) is 8.22. The van der Waals surface area contributed by atoms with Crippen LogP contribution in [0.1, 0.15) is 77.0 Å². The summed E-state index contributed by atoms with van der Waals surface area (Å²) in [5, 5.41) is 47.3. The number of allylic oxidation sites excluding steroid dienone is 1. The Hall–Kier alpha value is -5.86. The summed E-state index contributed by atoms with van der Waals surface area (Å²) >= 11 is 0. The fourth-order valence-electron chi connectivity index (χ4n) is 5.69. The van der Waals surface area contributed by atoms with Crippen LogP contribution in [0.2, 0.25) is 0 Å². The van der Waals surface area contributed by atoms with Crippen LogP contribution in [0.3, 0.4) is 0 Å². The molecule has 0 saturated heterocycles. The summed E-state index contributed by atoms with van der Waals surface area (Å²) in [5.74, 6) is -3.27. The van der Waals surface area contributed by atoms with Crippen LogP contribution in [0.5, 0.6) is 23.3 Å². The molecule has 0 radical (unpaired) electrons. The fraction of sp³-hybridized carbons (Fsp3) is 0.375. The van der Waals surface area contributed by atoms with Gasteiger partial charge in [0.25, 0.3) is 11.8 Å². The van der Waals surface area contributed by atoms with Gasteiger partial charge in [0.15, 0.2) is 0 Å². The van der Waals surface area contributed by atoms with Gasteiger partial charge in [-0.05, 0) is 79.5 Å². The van der Waals surface area contributed by atoms with Crippen LogP contribution >= 0.6 is 0 Å². The van der Waals surface area contributed by atoms with Gasteiger partial charge < -0.3 is 34.3 Å². The van der Waals surface area contributed by atoms with Crippen LogP contribution in [0.4, 0.5) is 26.3 Å². The lowest BCUT2D eigenvalue weighted by Crippen LogP contribution is -2.35. The van der Waals surface area contributed by atoms with E-state index in [-0.39, 0.29) is 59.7 Å². The number of aromatic nitrogens is 6. The van der Waals surface area contributed by atoms with Gasteiger partial charge in [-0.25, -0.2) is 19.8 Å². The molecule has 0 aliphatic heterocycles. The molecule has 1 fully saturated rings. The maximum absolute atomic E-state index is 12.2. The second-order valence-electron chi connectivity index (χ2n) is 11.8. The van der Waals surface area contributed by atoms with Crippen molar-refractivity contribution in [1.29, 1.82) is 0 Å². The van der Waals surface area contributed by atoms with Crippen molar-refractivity contribution in [3.05, 3.63) is 77.1 Å². The van der Waals surface area contributed by atoms with Gasteiger partial charge >= 0.3 is 24.7 Å². The van der Waals surface area contributed by atoms with E-state index in [0.717, 1.165) is 23.3 Å². The number of benzene rings is 2. The number of alkyl halides is 6. The molecule has 2 aliphatic carbocycles. The molecule has 0 spiro atoms. The van der Waals surface area contributed by atoms with E-state index in [1.54, 1.807) is 12.1 Å². The standard InChI is InChI=1S/C16H16F3N3O5.C16H14F3N3O4/c17-16(18,19)27-11-3-1-9(2-4-11)15(25)7-5-10(6-8-15)26-13-12(14(23)24)20-22-21-13;17-16(18,19)26-12-7-3-10(4-8-12)9-1-5-11(6-2-9)25-14-13(15(23)24)20-22-21-14/h1-4,10,25H,5-8H2,(H,23,24)(H,20,21,22);1,3-4,7-8,11H,2,5-6H2,(H,23,24)(H,20,21,22). The van der Waals surface area contributed by atoms with Gasteiger partial charge in [-0.15, -0.1) is 26.3 Å². The Labute approximate surface area is 294 Å². The number of aromatic amines is 2. The number of carboxylic acid groups (broad SMARTS) is 2. The summed E-state index contributed by atoms with van der Waals surface area (Å²) in [7, 11) is 0. The highest BCUT2D eigenvalue weighted by Crippen LogP contribution is 2.39. The Morgan fingerprint density at radius 2 is 1.19 bits per heavy atom. The minimum atomic E-state index is -4.77. The van der Waals surface area contributed by atoms with E-state index >= 15 is 0 Å². The van der Waals surface area contributed by atoms with E-state index in [1.165, 1.54) is 24.3 Å². The monoisotopic (exact) mass is 756 g/mol. The Bertz CT molecular complexity index is 1890. The van der Waals surface area contributed by atoms with Crippen molar-refractivity contribution < 1.29 is 70.2 Å². The molecule has 1 unspecified atom stereocenters. The summed E-state index contributed by atoms with van der Waals surface area (Å²) in [6, 6.07) is 10.7. The molecular weight excluding hydrogens is 726 g/mol. The molecule has 2 heterocycles. The first-order valence-electron chi connectivity index (χ1n) is 15.7. The highest BCUT2D eigenvalue weighted by molar-refractivity contribution is 5.88. The van der Waals surface area contributed by atoms with Gasteiger partial charge in [-0.1, -0.05) is 51.0 Å². The molecule has 5 N–H and O–H groups in total. The van der Waals surface area contributed by atoms with Gasteiger partial charge in [0.05, 0.1) is 5.60 Å². The van der Waals surface area contributed by atoms with Gasteiger partial charge in [0.2, 0.25) is 11.4 Å². The largest absolute Gasteiger partial charge is 0.573 e. The van der Waals surface area contributed by atoms with E-state index in [9.17, 15) is 41.0 Å². The maximum atomic E-state index is 12.2. The van der Waals surface area contributed by atoms with Crippen LogP contribution in [0.25, 0.3) is 5.57 Å². The minimum absolute atomic E-state index is 0.0620. The third kappa shape index (κ3) is 10.6. The molecule has 2 aromatic carbocycles. The molecule has 0 bridgehead atoms. The lowest BCUT2D eigenvalue weighted by Gasteiger charge is -2.36.